The first kappa shape index (κ1) is 13.1. The van der Waals surface area contributed by atoms with Crippen LogP contribution in [0.25, 0.3) is 10.8 Å². The molecule has 3 aromatic carbocycles. The van der Waals surface area contributed by atoms with E-state index in [-0.39, 0.29) is 22.6 Å². The maximum atomic E-state index is 12.9. The lowest BCUT2D eigenvalue weighted by molar-refractivity contribution is 0.103. The third-order valence-electron chi connectivity index (χ3n) is 3.35. The fraction of sp³-hybridized carbons (Fsp3) is 0. The molecular weight excluding hydrogens is 271 g/mol. The first-order valence-electron chi connectivity index (χ1n) is 6.32. The van der Waals surface area contributed by atoms with Gasteiger partial charge in [-0.1, -0.05) is 24.3 Å². The van der Waals surface area contributed by atoms with Crippen molar-refractivity contribution in [2.45, 2.75) is 0 Å². The number of carbonyl (C=O) groups is 1. The monoisotopic (exact) mass is 282 g/mol. The Balaban J connectivity index is 2.18. The Morgan fingerprint density at radius 3 is 2.19 bits per heavy atom. The first-order chi connectivity index (χ1) is 10.1. The molecule has 0 radical (unpaired) electrons. The summed E-state index contributed by atoms with van der Waals surface area (Å²) in [5, 5.41) is 21.1. The molecule has 0 atom stereocenters. The molecule has 3 rings (SSSR count). The maximum Gasteiger partial charge on any atom is 0.196 e. The van der Waals surface area contributed by atoms with Gasteiger partial charge in [-0.25, -0.2) is 4.39 Å². The Kier molecular flexibility index (Phi) is 3.06. The topological polar surface area (TPSA) is 57.5 Å². The number of phenolic OH excluding ortho intramolecular Hbond substituents is 2. The van der Waals surface area contributed by atoms with Crippen LogP contribution in [0.3, 0.4) is 0 Å². The van der Waals surface area contributed by atoms with Crippen LogP contribution in [0.5, 0.6) is 11.5 Å². The smallest absolute Gasteiger partial charge is 0.196 e. The molecule has 0 bridgehead atoms. The molecule has 3 aromatic rings. The van der Waals surface area contributed by atoms with Gasteiger partial charge < -0.3 is 10.2 Å². The van der Waals surface area contributed by atoms with E-state index in [2.05, 4.69) is 0 Å². The molecule has 0 aliphatic rings. The summed E-state index contributed by atoms with van der Waals surface area (Å²) in [4.78, 5) is 12.4. The summed E-state index contributed by atoms with van der Waals surface area (Å²) in [6, 6.07) is 12.9. The van der Waals surface area contributed by atoms with Crippen molar-refractivity contribution in [1.82, 2.24) is 0 Å². The highest BCUT2D eigenvalue weighted by Crippen LogP contribution is 2.36. The van der Waals surface area contributed by atoms with Gasteiger partial charge in [-0.2, -0.15) is 0 Å². The van der Waals surface area contributed by atoms with Crippen LogP contribution < -0.4 is 0 Å². The zero-order chi connectivity index (χ0) is 15.0. The summed E-state index contributed by atoms with van der Waals surface area (Å²) in [7, 11) is 0. The van der Waals surface area contributed by atoms with Gasteiger partial charge in [0, 0.05) is 16.3 Å². The van der Waals surface area contributed by atoms with Crippen LogP contribution in [0.1, 0.15) is 15.9 Å². The molecule has 0 aliphatic carbocycles. The van der Waals surface area contributed by atoms with Crippen molar-refractivity contribution < 1.29 is 19.4 Å². The molecule has 0 aliphatic heterocycles. The molecule has 0 aromatic heterocycles. The van der Waals surface area contributed by atoms with Crippen LogP contribution in [-0.2, 0) is 0 Å². The van der Waals surface area contributed by atoms with Crippen molar-refractivity contribution in [1.29, 1.82) is 0 Å². The summed E-state index contributed by atoms with van der Waals surface area (Å²) in [5.41, 5.74) is 0.221. The minimum absolute atomic E-state index is 0.0159. The molecule has 104 valence electrons. The SMILES string of the molecule is O=C(c1ccc(F)cc1)c1cc(O)c2ccccc2c1O. The molecular formula is C17H11FO3. The molecule has 0 saturated heterocycles. The largest absolute Gasteiger partial charge is 0.507 e. The predicted octanol–water partition coefficient (Wildman–Crippen LogP) is 3.62. The molecule has 0 spiro atoms. The molecule has 3 nitrogen and oxygen atoms in total. The van der Waals surface area contributed by atoms with E-state index in [1.54, 1.807) is 24.3 Å². The number of ketones is 1. The zero-order valence-electron chi connectivity index (χ0n) is 10.9. The minimum Gasteiger partial charge on any atom is -0.507 e. The summed E-state index contributed by atoms with van der Waals surface area (Å²) in [5.74, 6) is -1.21. The number of aromatic hydroxyl groups is 2. The fourth-order valence-electron chi connectivity index (χ4n) is 2.27. The van der Waals surface area contributed by atoms with Crippen LogP contribution >= 0.6 is 0 Å². The lowest BCUT2D eigenvalue weighted by Crippen LogP contribution is -2.02. The fourth-order valence-corrected chi connectivity index (χ4v) is 2.27. The van der Waals surface area contributed by atoms with Gasteiger partial charge in [-0.15, -0.1) is 0 Å². The van der Waals surface area contributed by atoms with Crippen molar-refractivity contribution in [2.24, 2.45) is 0 Å². The number of fused-ring (bicyclic) bond motifs is 1. The van der Waals surface area contributed by atoms with Crippen LogP contribution in [0, 0.1) is 5.82 Å². The molecule has 4 heteroatoms. The van der Waals surface area contributed by atoms with Gasteiger partial charge in [-0.05, 0) is 30.3 Å². The third kappa shape index (κ3) is 2.21. The highest BCUT2D eigenvalue weighted by Gasteiger charge is 2.18. The van der Waals surface area contributed by atoms with E-state index in [4.69, 9.17) is 0 Å². The summed E-state index contributed by atoms with van der Waals surface area (Å²) in [6.45, 7) is 0. The number of phenols is 2. The Morgan fingerprint density at radius 2 is 1.52 bits per heavy atom. The number of rotatable bonds is 2. The molecule has 0 unspecified atom stereocenters. The quantitative estimate of drug-likeness (QED) is 0.557. The Hall–Kier alpha value is -2.88. The van der Waals surface area contributed by atoms with E-state index < -0.39 is 11.6 Å². The minimum atomic E-state index is -0.478. The predicted molar refractivity (Wildman–Crippen MR) is 77.1 cm³/mol. The number of carbonyl (C=O) groups excluding carboxylic acids is 1. The van der Waals surface area contributed by atoms with Gasteiger partial charge in [-0.3, -0.25) is 4.79 Å². The first-order valence-corrected chi connectivity index (χ1v) is 6.32. The Morgan fingerprint density at radius 1 is 0.905 bits per heavy atom. The van der Waals surface area contributed by atoms with Gasteiger partial charge in [0.05, 0.1) is 5.56 Å². The van der Waals surface area contributed by atoms with Gasteiger partial charge in [0.2, 0.25) is 0 Å². The molecule has 0 saturated carbocycles. The van der Waals surface area contributed by atoms with E-state index in [1.807, 2.05) is 0 Å². The standard InChI is InChI=1S/C17H11FO3/c18-11-7-5-10(6-8-11)16(20)14-9-15(19)12-3-1-2-4-13(12)17(14)21/h1-9,19,21H. The highest BCUT2D eigenvalue weighted by molar-refractivity contribution is 6.14. The van der Waals surface area contributed by atoms with E-state index in [9.17, 15) is 19.4 Å². The lowest BCUT2D eigenvalue weighted by atomic mass is 9.98. The number of benzene rings is 3. The summed E-state index contributed by atoms with van der Waals surface area (Å²) >= 11 is 0. The van der Waals surface area contributed by atoms with Crippen molar-refractivity contribution in [3.8, 4) is 11.5 Å². The van der Waals surface area contributed by atoms with Crippen LogP contribution in [-0.4, -0.2) is 16.0 Å². The average Bonchev–Trinajstić information content (AvgIpc) is 2.51. The van der Waals surface area contributed by atoms with Crippen molar-refractivity contribution in [3.05, 3.63) is 71.5 Å². The van der Waals surface area contributed by atoms with E-state index in [0.29, 0.717) is 10.8 Å². The second-order valence-corrected chi connectivity index (χ2v) is 4.67. The van der Waals surface area contributed by atoms with Crippen LogP contribution in [0.15, 0.2) is 54.6 Å². The molecule has 0 fully saturated rings. The molecule has 21 heavy (non-hydrogen) atoms. The Bertz CT molecular complexity index is 839. The van der Waals surface area contributed by atoms with Crippen LogP contribution in [0.4, 0.5) is 4.39 Å². The molecule has 2 N–H and O–H groups in total. The van der Waals surface area contributed by atoms with Crippen molar-refractivity contribution in [2.75, 3.05) is 0 Å². The van der Waals surface area contributed by atoms with E-state index in [1.165, 1.54) is 30.3 Å². The zero-order valence-corrected chi connectivity index (χ0v) is 10.9. The summed E-state index contributed by atoms with van der Waals surface area (Å²) in [6.07, 6.45) is 0. The number of halogens is 1. The second kappa shape index (κ2) is 4.90. The maximum absolute atomic E-state index is 12.9. The molecule has 0 amide bonds. The van der Waals surface area contributed by atoms with Crippen molar-refractivity contribution >= 4 is 16.6 Å². The van der Waals surface area contributed by atoms with Gasteiger partial charge in [0.25, 0.3) is 0 Å². The van der Waals surface area contributed by atoms with Gasteiger partial charge in [0.15, 0.2) is 5.78 Å². The lowest BCUT2D eigenvalue weighted by Gasteiger charge is -2.09. The van der Waals surface area contributed by atoms with Gasteiger partial charge in [0.1, 0.15) is 17.3 Å². The number of hydrogen-bond donors (Lipinski definition) is 2. The normalized spacial score (nSPS) is 10.7. The summed E-state index contributed by atoms with van der Waals surface area (Å²) < 4.78 is 12.9. The highest BCUT2D eigenvalue weighted by atomic mass is 19.1. The second-order valence-electron chi connectivity index (χ2n) is 4.67. The molecule has 0 heterocycles. The van der Waals surface area contributed by atoms with E-state index in [0.717, 1.165) is 0 Å². The van der Waals surface area contributed by atoms with Crippen molar-refractivity contribution in [3.63, 3.8) is 0 Å². The third-order valence-corrected chi connectivity index (χ3v) is 3.35. The van der Waals surface area contributed by atoms with Gasteiger partial charge >= 0.3 is 0 Å². The average molecular weight is 282 g/mol. The van der Waals surface area contributed by atoms with E-state index >= 15 is 0 Å². The van der Waals surface area contributed by atoms with Crippen LogP contribution in [0.2, 0.25) is 0 Å². The Labute approximate surface area is 119 Å². The number of hydrogen-bond acceptors (Lipinski definition) is 3.